The molecule has 0 saturated carbocycles. The molecule has 3 aromatic rings. The highest BCUT2D eigenvalue weighted by Crippen LogP contribution is 2.40. The van der Waals surface area contributed by atoms with Crippen molar-refractivity contribution in [3.8, 4) is 0 Å². The molecule has 0 fully saturated rings. The van der Waals surface area contributed by atoms with Gasteiger partial charge in [-0.25, -0.2) is 0 Å². The smallest absolute Gasteiger partial charge is 0.303 e. The number of hydrogen-bond donors (Lipinski definition) is 1. The van der Waals surface area contributed by atoms with Crippen LogP contribution in [0.2, 0.25) is 0 Å². The predicted octanol–water partition coefficient (Wildman–Crippen LogP) is 6.10. The Morgan fingerprint density at radius 3 is 1.78 bits per heavy atom. The summed E-state index contributed by atoms with van der Waals surface area (Å²) >= 11 is 0. The SMILES string of the molecule is Cc1cccc(C2C(C(=O)c3ccccc3)=CN(CCCC(=O)O)C=C2C(=O)c2ccccc2)c1C. The number of nitrogens with zero attached hydrogens (tertiary/aromatic N) is 1. The molecule has 4 rings (SSSR count). The molecular formula is C31H29NO4. The molecule has 0 atom stereocenters. The van der Waals surface area contributed by atoms with Gasteiger partial charge in [-0.15, -0.1) is 0 Å². The molecule has 0 radical (unpaired) electrons. The fraction of sp³-hybridized carbons (Fsp3) is 0.194. The van der Waals surface area contributed by atoms with Crippen LogP contribution in [0.5, 0.6) is 0 Å². The van der Waals surface area contributed by atoms with Gasteiger partial charge in [-0.1, -0.05) is 78.9 Å². The molecule has 5 heteroatoms. The van der Waals surface area contributed by atoms with Gasteiger partial charge in [0.25, 0.3) is 0 Å². The van der Waals surface area contributed by atoms with Gasteiger partial charge in [0.2, 0.25) is 0 Å². The fourth-order valence-corrected chi connectivity index (χ4v) is 4.57. The maximum absolute atomic E-state index is 13.9. The van der Waals surface area contributed by atoms with Gasteiger partial charge < -0.3 is 10.0 Å². The molecule has 1 aliphatic heterocycles. The average Bonchev–Trinajstić information content (AvgIpc) is 2.90. The highest BCUT2D eigenvalue weighted by molar-refractivity contribution is 6.15. The van der Waals surface area contributed by atoms with Crippen LogP contribution in [-0.2, 0) is 4.79 Å². The van der Waals surface area contributed by atoms with Crippen LogP contribution in [0.1, 0.15) is 56.2 Å². The van der Waals surface area contributed by atoms with Crippen molar-refractivity contribution in [2.45, 2.75) is 32.6 Å². The zero-order valence-corrected chi connectivity index (χ0v) is 20.5. The Morgan fingerprint density at radius 1 is 0.750 bits per heavy atom. The maximum Gasteiger partial charge on any atom is 0.303 e. The maximum atomic E-state index is 13.9. The van der Waals surface area contributed by atoms with E-state index in [4.69, 9.17) is 5.11 Å². The predicted molar refractivity (Wildman–Crippen MR) is 140 cm³/mol. The number of allylic oxidation sites excluding steroid dienone is 2. The average molecular weight is 480 g/mol. The number of benzene rings is 3. The number of aryl methyl sites for hydroxylation is 1. The summed E-state index contributed by atoms with van der Waals surface area (Å²) in [7, 11) is 0. The molecule has 0 spiro atoms. The summed E-state index contributed by atoms with van der Waals surface area (Å²) in [6.07, 6.45) is 3.95. The summed E-state index contributed by atoms with van der Waals surface area (Å²) < 4.78 is 0. The lowest BCUT2D eigenvalue weighted by Gasteiger charge is -2.32. The summed E-state index contributed by atoms with van der Waals surface area (Å²) in [4.78, 5) is 40.7. The van der Waals surface area contributed by atoms with Crippen LogP contribution in [0.4, 0.5) is 0 Å². The Hall–Kier alpha value is -4.25. The first-order valence-corrected chi connectivity index (χ1v) is 12.0. The first-order chi connectivity index (χ1) is 17.4. The number of carbonyl (C=O) groups is 3. The molecule has 5 nitrogen and oxygen atoms in total. The summed E-state index contributed by atoms with van der Waals surface area (Å²) in [5.41, 5.74) is 5.08. The molecule has 0 unspecified atom stereocenters. The lowest BCUT2D eigenvalue weighted by atomic mass is 9.76. The van der Waals surface area contributed by atoms with Gasteiger partial charge in [0.05, 0.1) is 0 Å². The van der Waals surface area contributed by atoms with Crippen molar-refractivity contribution in [1.29, 1.82) is 0 Å². The van der Waals surface area contributed by atoms with Gasteiger partial charge in [-0.05, 0) is 37.0 Å². The number of aliphatic carboxylic acids is 1. The number of ketones is 2. The molecule has 1 N–H and O–H groups in total. The van der Waals surface area contributed by atoms with Gasteiger partial charge in [0.15, 0.2) is 11.6 Å². The van der Waals surface area contributed by atoms with E-state index in [1.807, 2.05) is 68.4 Å². The minimum atomic E-state index is -0.880. The van der Waals surface area contributed by atoms with E-state index < -0.39 is 11.9 Å². The van der Waals surface area contributed by atoms with Crippen molar-refractivity contribution >= 4 is 17.5 Å². The van der Waals surface area contributed by atoms with Crippen LogP contribution >= 0.6 is 0 Å². The summed E-state index contributed by atoms with van der Waals surface area (Å²) in [5.74, 6) is -1.75. The van der Waals surface area contributed by atoms with Crippen LogP contribution < -0.4 is 0 Å². The van der Waals surface area contributed by atoms with E-state index in [-0.39, 0.29) is 18.0 Å². The molecule has 182 valence electrons. The Labute approximate surface area is 211 Å². The third-order valence-electron chi connectivity index (χ3n) is 6.59. The van der Waals surface area contributed by atoms with E-state index in [1.54, 1.807) is 41.6 Å². The largest absolute Gasteiger partial charge is 0.481 e. The Morgan fingerprint density at radius 2 is 1.28 bits per heavy atom. The minimum Gasteiger partial charge on any atom is -0.481 e. The normalized spacial score (nSPS) is 13.7. The van der Waals surface area contributed by atoms with E-state index in [2.05, 4.69) is 0 Å². The summed E-state index contributed by atoms with van der Waals surface area (Å²) in [5, 5.41) is 9.11. The van der Waals surface area contributed by atoms with Crippen LogP contribution in [0.3, 0.4) is 0 Å². The second-order valence-electron chi connectivity index (χ2n) is 9.02. The Balaban J connectivity index is 1.87. The number of rotatable bonds is 9. The Bertz CT molecular complexity index is 1270. The standard InChI is InChI=1S/C31H29NO4/c1-21-11-9-16-25(22(21)2)29-26(30(35)23-12-5-3-6-13-23)19-32(18-10-17-28(33)34)20-27(29)31(36)24-14-7-4-8-15-24/h3-9,11-16,19-20,29H,10,17-18H2,1-2H3,(H,33,34). The first-order valence-electron chi connectivity index (χ1n) is 12.0. The van der Waals surface area contributed by atoms with E-state index in [1.165, 1.54) is 0 Å². The van der Waals surface area contributed by atoms with Gasteiger partial charge in [0, 0.05) is 53.6 Å². The summed E-state index contributed by atoms with van der Waals surface area (Å²) in [6, 6.07) is 24.0. The van der Waals surface area contributed by atoms with E-state index in [0.29, 0.717) is 35.2 Å². The molecule has 1 aliphatic rings. The fourth-order valence-electron chi connectivity index (χ4n) is 4.57. The molecule has 0 saturated heterocycles. The third kappa shape index (κ3) is 5.36. The van der Waals surface area contributed by atoms with Crippen molar-refractivity contribution in [2.75, 3.05) is 6.54 Å². The van der Waals surface area contributed by atoms with Crippen molar-refractivity contribution in [2.24, 2.45) is 0 Å². The molecule has 0 aliphatic carbocycles. The summed E-state index contributed by atoms with van der Waals surface area (Å²) in [6.45, 7) is 4.41. The first kappa shape index (κ1) is 24.9. The zero-order chi connectivity index (χ0) is 25.7. The van der Waals surface area contributed by atoms with Gasteiger partial charge in [0.1, 0.15) is 0 Å². The van der Waals surface area contributed by atoms with Crippen LogP contribution in [-0.4, -0.2) is 34.1 Å². The monoisotopic (exact) mass is 479 g/mol. The van der Waals surface area contributed by atoms with Crippen molar-refractivity contribution in [1.82, 2.24) is 4.90 Å². The highest BCUT2D eigenvalue weighted by atomic mass is 16.4. The molecular weight excluding hydrogens is 450 g/mol. The number of hydrogen-bond acceptors (Lipinski definition) is 4. The lowest BCUT2D eigenvalue weighted by Crippen LogP contribution is -2.29. The lowest BCUT2D eigenvalue weighted by molar-refractivity contribution is -0.137. The van der Waals surface area contributed by atoms with Crippen LogP contribution in [0.15, 0.2) is 102 Å². The van der Waals surface area contributed by atoms with Crippen molar-refractivity contribution < 1.29 is 19.5 Å². The number of carbonyl (C=O) groups excluding carboxylic acids is 2. The Kier molecular flexibility index (Phi) is 7.59. The molecule has 36 heavy (non-hydrogen) atoms. The molecule has 0 bridgehead atoms. The van der Waals surface area contributed by atoms with Gasteiger partial charge in [-0.2, -0.15) is 0 Å². The molecule has 0 aromatic heterocycles. The quantitative estimate of drug-likeness (QED) is 0.375. The molecule has 1 heterocycles. The number of carboxylic acid groups (broad SMARTS) is 1. The van der Waals surface area contributed by atoms with Gasteiger partial charge >= 0.3 is 5.97 Å². The van der Waals surface area contributed by atoms with E-state index >= 15 is 0 Å². The minimum absolute atomic E-state index is 0.00251. The van der Waals surface area contributed by atoms with Crippen LogP contribution in [0, 0.1) is 13.8 Å². The highest BCUT2D eigenvalue weighted by Gasteiger charge is 2.35. The van der Waals surface area contributed by atoms with Crippen LogP contribution in [0.25, 0.3) is 0 Å². The van der Waals surface area contributed by atoms with E-state index in [9.17, 15) is 14.4 Å². The van der Waals surface area contributed by atoms with Crippen molar-refractivity contribution in [3.63, 3.8) is 0 Å². The van der Waals surface area contributed by atoms with Gasteiger partial charge in [-0.3, -0.25) is 14.4 Å². The second kappa shape index (κ2) is 11.0. The third-order valence-corrected chi connectivity index (χ3v) is 6.59. The van der Waals surface area contributed by atoms with E-state index in [0.717, 1.165) is 16.7 Å². The number of Topliss-reactive ketones (excluding diaryl/α,β-unsaturated/α-hetero) is 2. The zero-order valence-electron chi connectivity index (χ0n) is 20.5. The number of carboxylic acids is 1. The van der Waals surface area contributed by atoms with Crippen molar-refractivity contribution in [3.05, 3.63) is 130 Å². The molecule has 0 amide bonds. The molecule has 3 aromatic carbocycles. The topological polar surface area (TPSA) is 74.7 Å². The second-order valence-corrected chi connectivity index (χ2v) is 9.02.